The molecular weight excluding hydrogens is 414 g/mol. The number of anilines is 2. The van der Waals surface area contributed by atoms with Crippen molar-refractivity contribution >= 4 is 33.9 Å². The van der Waals surface area contributed by atoms with E-state index in [0.717, 1.165) is 56.7 Å². The molecule has 0 saturated carbocycles. The summed E-state index contributed by atoms with van der Waals surface area (Å²) in [7, 11) is 1.38. The smallest absolute Gasteiger partial charge is 0.341 e. The van der Waals surface area contributed by atoms with Gasteiger partial charge in [-0.25, -0.2) is 4.79 Å². The number of thiophene rings is 1. The van der Waals surface area contributed by atoms with Crippen LogP contribution in [0.5, 0.6) is 5.75 Å². The first-order valence-electron chi connectivity index (χ1n) is 10.7. The van der Waals surface area contributed by atoms with Crippen LogP contribution in [0.25, 0.3) is 0 Å². The van der Waals surface area contributed by atoms with Crippen LogP contribution in [0.15, 0.2) is 24.3 Å². The molecule has 1 atom stereocenters. The van der Waals surface area contributed by atoms with Crippen LogP contribution in [0.2, 0.25) is 0 Å². The molecule has 1 aromatic carbocycles. The fraction of sp³-hybridized carbons (Fsp3) is 0.478. The van der Waals surface area contributed by atoms with Crippen molar-refractivity contribution in [2.75, 3.05) is 50.1 Å². The second-order valence-corrected chi connectivity index (χ2v) is 9.45. The van der Waals surface area contributed by atoms with Gasteiger partial charge in [0.05, 0.1) is 24.9 Å². The number of rotatable bonds is 5. The van der Waals surface area contributed by atoms with Gasteiger partial charge in [-0.2, -0.15) is 0 Å². The Hall–Kier alpha value is -2.58. The second-order valence-electron chi connectivity index (χ2n) is 8.35. The monoisotopic (exact) mass is 443 g/mol. The van der Waals surface area contributed by atoms with Crippen LogP contribution >= 0.6 is 11.3 Å². The predicted octanol–water partition coefficient (Wildman–Crippen LogP) is 3.13. The SMILES string of the molecule is COC(=O)c1c(NC(=O)CN2CCN(c3ccccc3O)CC2)sc2c1CC[C@@H](C)C2. The number of fused-ring (bicyclic) bond motifs is 1. The number of carbonyl (C=O) groups excluding carboxylic acids is 2. The van der Waals surface area contributed by atoms with Crippen molar-refractivity contribution in [1.82, 2.24) is 4.90 Å². The van der Waals surface area contributed by atoms with E-state index in [2.05, 4.69) is 22.0 Å². The molecule has 0 unspecified atom stereocenters. The topological polar surface area (TPSA) is 82.1 Å². The highest BCUT2D eigenvalue weighted by molar-refractivity contribution is 7.17. The molecular formula is C23H29N3O4S. The standard InChI is InChI=1S/C23H29N3O4S/c1-15-7-8-16-19(13-15)31-22(21(16)23(29)30-2)24-20(28)14-25-9-11-26(12-10-25)17-5-3-4-6-18(17)27/h3-6,15,27H,7-14H2,1-2H3,(H,24,28)/t15-/m1/s1. The van der Waals surface area contributed by atoms with Crippen molar-refractivity contribution in [2.24, 2.45) is 5.92 Å². The summed E-state index contributed by atoms with van der Waals surface area (Å²) in [5, 5.41) is 13.7. The zero-order valence-electron chi connectivity index (χ0n) is 18.0. The Morgan fingerprint density at radius 3 is 2.68 bits per heavy atom. The summed E-state index contributed by atoms with van der Waals surface area (Å²) in [6.07, 6.45) is 2.83. The van der Waals surface area contributed by atoms with Gasteiger partial charge in [-0.05, 0) is 42.9 Å². The number of methoxy groups -OCH3 is 1. The lowest BCUT2D eigenvalue weighted by Gasteiger charge is -2.35. The maximum atomic E-state index is 12.8. The summed E-state index contributed by atoms with van der Waals surface area (Å²) in [5.74, 6) is 0.368. The van der Waals surface area contributed by atoms with Gasteiger partial charge < -0.3 is 20.1 Å². The molecule has 2 aliphatic rings. The number of carbonyl (C=O) groups is 2. The largest absolute Gasteiger partial charge is 0.506 e. The summed E-state index contributed by atoms with van der Waals surface area (Å²) in [6, 6.07) is 7.32. The molecule has 166 valence electrons. The number of amides is 1. The fourth-order valence-electron chi connectivity index (χ4n) is 4.40. The molecule has 2 aromatic rings. The number of piperazine rings is 1. The molecule has 1 aromatic heterocycles. The molecule has 1 aliphatic heterocycles. The summed E-state index contributed by atoms with van der Waals surface area (Å²) >= 11 is 1.51. The Morgan fingerprint density at radius 1 is 1.23 bits per heavy atom. The molecule has 0 radical (unpaired) electrons. The van der Waals surface area contributed by atoms with Crippen LogP contribution in [-0.4, -0.2) is 61.7 Å². The third-order valence-corrected chi connectivity index (χ3v) is 7.29. The molecule has 7 nitrogen and oxygen atoms in total. The zero-order valence-corrected chi connectivity index (χ0v) is 18.8. The molecule has 2 N–H and O–H groups in total. The lowest BCUT2D eigenvalue weighted by atomic mass is 9.88. The molecule has 0 bridgehead atoms. The lowest BCUT2D eigenvalue weighted by Crippen LogP contribution is -2.48. The summed E-state index contributed by atoms with van der Waals surface area (Å²) in [4.78, 5) is 30.6. The van der Waals surface area contributed by atoms with E-state index in [1.165, 1.54) is 23.3 Å². The number of nitrogens with one attached hydrogen (secondary N) is 1. The predicted molar refractivity (Wildman–Crippen MR) is 122 cm³/mol. The fourth-order valence-corrected chi connectivity index (χ4v) is 5.82. The number of benzene rings is 1. The van der Waals surface area contributed by atoms with Crippen molar-refractivity contribution in [3.8, 4) is 5.75 Å². The van der Waals surface area contributed by atoms with Gasteiger partial charge in [0.2, 0.25) is 5.91 Å². The van der Waals surface area contributed by atoms with Crippen LogP contribution in [0.4, 0.5) is 10.7 Å². The van der Waals surface area contributed by atoms with E-state index < -0.39 is 0 Å². The van der Waals surface area contributed by atoms with Crippen molar-refractivity contribution in [3.05, 3.63) is 40.3 Å². The molecule has 4 rings (SSSR count). The van der Waals surface area contributed by atoms with E-state index in [-0.39, 0.29) is 24.2 Å². The first kappa shape index (κ1) is 21.6. The van der Waals surface area contributed by atoms with Gasteiger partial charge in [-0.1, -0.05) is 19.1 Å². The molecule has 2 heterocycles. The number of para-hydroxylation sites is 2. The Kier molecular flexibility index (Phi) is 6.48. The number of hydrogen-bond acceptors (Lipinski definition) is 7. The van der Waals surface area contributed by atoms with Crippen molar-refractivity contribution in [2.45, 2.75) is 26.2 Å². The molecule has 31 heavy (non-hydrogen) atoms. The second kappa shape index (κ2) is 9.28. The van der Waals surface area contributed by atoms with E-state index >= 15 is 0 Å². The van der Waals surface area contributed by atoms with Crippen LogP contribution in [0.1, 0.15) is 34.1 Å². The lowest BCUT2D eigenvalue weighted by molar-refractivity contribution is -0.117. The van der Waals surface area contributed by atoms with Gasteiger partial charge in [0, 0.05) is 31.1 Å². The summed E-state index contributed by atoms with van der Waals surface area (Å²) < 4.78 is 5.00. The number of phenols is 1. The number of hydrogen-bond donors (Lipinski definition) is 2. The van der Waals surface area contributed by atoms with Gasteiger partial charge in [-0.3, -0.25) is 9.69 Å². The minimum Gasteiger partial charge on any atom is -0.506 e. The molecule has 0 spiro atoms. The normalized spacial score (nSPS) is 19.0. The minimum absolute atomic E-state index is 0.118. The van der Waals surface area contributed by atoms with Crippen molar-refractivity contribution in [3.63, 3.8) is 0 Å². The van der Waals surface area contributed by atoms with Gasteiger partial charge in [0.25, 0.3) is 0 Å². The number of phenolic OH excluding ortho intramolecular Hbond substituents is 1. The quantitative estimate of drug-likeness (QED) is 0.691. The average molecular weight is 444 g/mol. The summed E-state index contributed by atoms with van der Waals surface area (Å²) in [5.41, 5.74) is 2.40. The molecule has 1 fully saturated rings. The Labute approximate surface area is 186 Å². The van der Waals surface area contributed by atoms with Crippen molar-refractivity contribution < 1.29 is 19.4 Å². The maximum Gasteiger partial charge on any atom is 0.341 e. The Bertz CT molecular complexity index is 966. The van der Waals surface area contributed by atoms with E-state index in [4.69, 9.17) is 4.74 Å². The van der Waals surface area contributed by atoms with Gasteiger partial charge in [0.1, 0.15) is 10.8 Å². The Balaban J connectivity index is 1.38. The third kappa shape index (κ3) is 4.70. The van der Waals surface area contributed by atoms with Crippen LogP contribution in [0.3, 0.4) is 0 Å². The van der Waals surface area contributed by atoms with E-state index in [0.29, 0.717) is 16.5 Å². The van der Waals surface area contributed by atoms with Crippen LogP contribution in [-0.2, 0) is 22.4 Å². The number of esters is 1. The first-order chi connectivity index (χ1) is 15.0. The van der Waals surface area contributed by atoms with Gasteiger partial charge in [0.15, 0.2) is 0 Å². The van der Waals surface area contributed by atoms with E-state index in [1.54, 1.807) is 6.07 Å². The number of aromatic hydroxyl groups is 1. The molecule has 1 aliphatic carbocycles. The highest BCUT2D eigenvalue weighted by atomic mass is 32.1. The zero-order chi connectivity index (χ0) is 22.0. The average Bonchev–Trinajstić information content (AvgIpc) is 3.10. The van der Waals surface area contributed by atoms with E-state index in [1.807, 2.05) is 18.2 Å². The summed E-state index contributed by atoms with van der Waals surface area (Å²) in [6.45, 7) is 5.42. The first-order valence-corrected chi connectivity index (χ1v) is 11.6. The van der Waals surface area contributed by atoms with Gasteiger partial charge in [-0.15, -0.1) is 11.3 Å². The number of nitrogens with zero attached hydrogens (tertiary/aromatic N) is 2. The minimum atomic E-state index is -0.376. The van der Waals surface area contributed by atoms with Gasteiger partial charge >= 0.3 is 5.97 Å². The highest BCUT2D eigenvalue weighted by Crippen LogP contribution is 2.40. The van der Waals surface area contributed by atoms with Crippen LogP contribution in [0, 0.1) is 5.92 Å². The van der Waals surface area contributed by atoms with E-state index in [9.17, 15) is 14.7 Å². The number of ether oxygens (including phenoxy) is 1. The molecule has 8 heteroatoms. The molecule has 1 saturated heterocycles. The Morgan fingerprint density at radius 2 is 1.97 bits per heavy atom. The highest BCUT2D eigenvalue weighted by Gasteiger charge is 2.29. The maximum absolute atomic E-state index is 12.8. The molecule has 1 amide bonds. The van der Waals surface area contributed by atoms with Crippen LogP contribution < -0.4 is 10.2 Å². The third-order valence-electron chi connectivity index (χ3n) is 6.12. The van der Waals surface area contributed by atoms with Crippen molar-refractivity contribution in [1.29, 1.82) is 0 Å².